The monoisotopic (exact) mass is 315 g/mol. The largest absolute Gasteiger partial charge is 0.478 e. The molecule has 0 radical (unpaired) electrons. The predicted molar refractivity (Wildman–Crippen MR) is 76.3 cm³/mol. The van der Waals surface area contributed by atoms with Gasteiger partial charge in [0, 0.05) is 6.54 Å². The van der Waals surface area contributed by atoms with E-state index in [1.165, 1.54) is 0 Å². The topological polar surface area (TPSA) is 139 Å². The van der Waals surface area contributed by atoms with Crippen molar-refractivity contribution >= 4 is 27.6 Å². The van der Waals surface area contributed by atoms with E-state index >= 15 is 0 Å². The van der Waals surface area contributed by atoms with Crippen molar-refractivity contribution in [2.24, 2.45) is 0 Å². The molecule has 0 aliphatic rings. The molecule has 5 N–H and O–H groups in total. The van der Waals surface area contributed by atoms with Crippen molar-refractivity contribution in [1.29, 1.82) is 0 Å². The van der Waals surface area contributed by atoms with E-state index in [0.29, 0.717) is 6.54 Å². The van der Waals surface area contributed by atoms with Crippen molar-refractivity contribution < 1.29 is 23.1 Å². The fraction of sp³-hybridized carbons (Fsp3) is 0.333. The molecule has 1 aromatic rings. The minimum absolute atomic E-state index is 0.118. The summed E-state index contributed by atoms with van der Waals surface area (Å²) in [4.78, 5) is 21.8. The lowest BCUT2D eigenvalue weighted by molar-refractivity contribution is -0.119. The first-order valence-electron chi connectivity index (χ1n) is 6.17. The molecular weight excluding hydrogens is 298 g/mol. The molecule has 0 aliphatic heterocycles. The second-order valence-corrected chi connectivity index (χ2v) is 5.97. The van der Waals surface area contributed by atoms with Gasteiger partial charge in [0.05, 0.1) is 17.8 Å². The van der Waals surface area contributed by atoms with Gasteiger partial charge in [0.25, 0.3) is 0 Å². The summed E-state index contributed by atoms with van der Waals surface area (Å²) in [6.45, 7) is 1.91. The van der Waals surface area contributed by atoms with Gasteiger partial charge >= 0.3 is 5.97 Å². The molecule has 0 saturated carbocycles. The van der Waals surface area contributed by atoms with Gasteiger partial charge in [0.1, 0.15) is 4.90 Å². The second kappa shape index (κ2) is 7.04. The number of nitrogen functional groups attached to an aromatic ring is 1. The highest BCUT2D eigenvalue weighted by Gasteiger charge is 2.19. The maximum absolute atomic E-state index is 12.0. The van der Waals surface area contributed by atoms with Crippen molar-refractivity contribution in [2.45, 2.75) is 18.2 Å². The first kappa shape index (κ1) is 16.9. The molecule has 1 amide bonds. The molecule has 116 valence electrons. The highest BCUT2D eigenvalue weighted by molar-refractivity contribution is 7.89. The molecule has 0 fully saturated rings. The number of carbonyl (C=O) groups is 2. The van der Waals surface area contributed by atoms with E-state index in [4.69, 9.17) is 10.8 Å². The van der Waals surface area contributed by atoms with Gasteiger partial charge in [0.15, 0.2) is 0 Å². The van der Waals surface area contributed by atoms with Crippen LogP contribution >= 0.6 is 0 Å². The third kappa shape index (κ3) is 4.72. The van der Waals surface area contributed by atoms with E-state index in [0.717, 1.165) is 24.6 Å². The Bertz CT molecular complexity index is 642. The average Bonchev–Trinajstić information content (AvgIpc) is 2.42. The predicted octanol–water partition coefficient (Wildman–Crippen LogP) is -0.228. The number of carbonyl (C=O) groups excluding carboxylic acids is 1. The van der Waals surface area contributed by atoms with Crippen LogP contribution in [-0.2, 0) is 14.8 Å². The van der Waals surface area contributed by atoms with Gasteiger partial charge in [-0.1, -0.05) is 6.92 Å². The smallest absolute Gasteiger partial charge is 0.335 e. The highest BCUT2D eigenvalue weighted by atomic mass is 32.2. The number of carboxylic acid groups (broad SMARTS) is 1. The number of carboxylic acids is 1. The first-order chi connectivity index (χ1) is 9.77. The molecule has 9 heteroatoms. The van der Waals surface area contributed by atoms with Crippen LogP contribution in [0.15, 0.2) is 23.1 Å². The van der Waals surface area contributed by atoms with Crippen LogP contribution in [0.4, 0.5) is 5.69 Å². The summed E-state index contributed by atoms with van der Waals surface area (Å²) in [6, 6.07) is 3.27. The summed E-state index contributed by atoms with van der Waals surface area (Å²) in [5.41, 5.74) is 5.23. The zero-order valence-electron chi connectivity index (χ0n) is 11.4. The van der Waals surface area contributed by atoms with Crippen molar-refractivity contribution in [3.63, 3.8) is 0 Å². The van der Waals surface area contributed by atoms with E-state index in [1.54, 1.807) is 0 Å². The third-order valence-electron chi connectivity index (χ3n) is 2.54. The van der Waals surface area contributed by atoms with Crippen molar-refractivity contribution in [3.05, 3.63) is 23.8 Å². The average molecular weight is 315 g/mol. The van der Waals surface area contributed by atoms with Gasteiger partial charge in [-0.15, -0.1) is 0 Å². The number of nitrogens with one attached hydrogen (secondary N) is 2. The van der Waals surface area contributed by atoms with Gasteiger partial charge in [-0.2, -0.15) is 0 Å². The minimum atomic E-state index is -3.98. The lowest BCUT2D eigenvalue weighted by Gasteiger charge is -2.09. The number of anilines is 1. The summed E-state index contributed by atoms with van der Waals surface area (Å²) in [6.07, 6.45) is 0.738. The van der Waals surface area contributed by atoms with Crippen molar-refractivity contribution in [2.75, 3.05) is 18.8 Å². The summed E-state index contributed by atoms with van der Waals surface area (Å²) in [5, 5.41) is 11.3. The molecule has 0 aliphatic carbocycles. The quantitative estimate of drug-likeness (QED) is 0.513. The fourth-order valence-electron chi connectivity index (χ4n) is 1.49. The number of benzene rings is 1. The normalized spacial score (nSPS) is 11.1. The van der Waals surface area contributed by atoms with Crippen LogP contribution in [0.1, 0.15) is 23.7 Å². The van der Waals surface area contributed by atoms with E-state index in [-0.39, 0.29) is 16.1 Å². The van der Waals surface area contributed by atoms with Crippen LogP contribution in [0.2, 0.25) is 0 Å². The first-order valence-corrected chi connectivity index (χ1v) is 7.65. The SMILES string of the molecule is CCCNC(=O)CNS(=O)(=O)c1ccc(C(=O)O)cc1N. The Labute approximate surface area is 122 Å². The van der Waals surface area contributed by atoms with E-state index in [1.807, 2.05) is 6.92 Å². The standard InChI is InChI=1S/C12H17N3O5S/c1-2-5-14-11(16)7-15-21(19,20)10-4-3-8(12(17)18)6-9(10)13/h3-4,6,15H,2,5,7,13H2,1H3,(H,14,16)(H,17,18). The highest BCUT2D eigenvalue weighted by Crippen LogP contribution is 2.19. The Morgan fingerprint density at radius 1 is 1.33 bits per heavy atom. The van der Waals surface area contributed by atoms with Gasteiger partial charge in [-0.25, -0.2) is 17.9 Å². The number of hydrogen-bond donors (Lipinski definition) is 4. The molecule has 0 bridgehead atoms. The maximum atomic E-state index is 12.0. The second-order valence-electron chi connectivity index (χ2n) is 4.23. The fourth-order valence-corrected chi connectivity index (χ4v) is 2.58. The molecule has 0 unspecified atom stereocenters. The van der Waals surface area contributed by atoms with Gasteiger partial charge in [-0.3, -0.25) is 4.79 Å². The lowest BCUT2D eigenvalue weighted by Crippen LogP contribution is -2.37. The molecule has 0 spiro atoms. The van der Waals surface area contributed by atoms with Gasteiger partial charge < -0.3 is 16.2 Å². The minimum Gasteiger partial charge on any atom is -0.478 e. The molecule has 0 aromatic heterocycles. The molecule has 0 heterocycles. The van der Waals surface area contributed by atoms with E-state index in [9.17, 15) is 18.0 Å². The Kier molecular flexibility index (Phi) is 5.68. The number of sulfonamides is 1. The lowest BCUT2D eigenvalue weighted by atomic mass is 10.2. The van der Waals surface area contributed by atoms with Crippen LogP contribution in [-0.4, -0.2) is 38.5 Å². The van der Waals surface area contributed by atoms with Crippen LogP contribution in [0.25, 0.3) is 0 Å². The number of aromatic carboxylic acids is 1. The molecule has 1 aromatic carbocycles. The molecule has 21 heavy (non-hydrogen) atoms. The maximum Gasteiger partial charge on any atom is 0.335 e. The summed E-state index contributed by atoms with van der Waals surface area (Å²) < 4.78 is 26.1. The summed E-state index contributed by atoms with van der Waals surface area (Å²) in [5.74, 6) is -1.67. The third-order valence-corrected chi connectivity index (χ3v) is 4.02. The van der Waals surface area contributed by atoms with Crippen LogP contribution in [0, 0.1) is 0 Å². The molecular formula is C12H17N3O5S. The van der Waals surface area contributed by atoms with Gasteiger partial charge in [0.2, 0.25) is 15.9 Å². The number of amides is 1. The zero-order chi connectivity index (χ0) is 16.0. The Morgan fingerprint density at radius 2 is 2.00 bits per heavy atom. The Morgan fingerprint density at radius 3 is 2.52 bits per heavy atom. The van der Waals surface area contributed by atoms with Crippen LogP contribution < -0.4 is 15.8 Å². The van der Waals surface area contributed by atoms with E-state index in [2.05, 4.69) is 10.0 Å². The number of rotatable bonds is 7. The summed E-state index contributed by atoms with van der Waals surface area (Å²) in [7, 11) is -3.98. The summed E-state index contributed by atoms with van der Waals surface area (Å²) >= 11 is 0. The Hall–Kier alpha value is -2.13. The van der Waals surface area contributed by atoms with E-state index < -0.39 is 28.4 Å². The van der Waals surface area contributed by atoms with Crippen LogP contribution in [0.5, 0.6) is 0 Å². The number of nitrogens with two attached hydrogens (primary N) is 1. The molecule has 8 nitrogen and oxygen atoms in total. The molecule has 0 saturated heterocycles. The van der Waals surface area contributed by atoms with Crippen LogP contribution in [0.3, 0.4) is 0 Å². The molecule has 0 atom stereocenters. The zero-order valence-corrected chi connectivity index (χ0v) is 12.2. The van der Waals surface area contributed by atoms with Crippen molar-refractivity contribution in [1.82, 2.24) is 10.0 Å². The Balaban J connectivity index is 2.84. The molecule has 1 rings (SSSR count). The van der Waals surface area contributed by atoms with Crippen molar-refractivity contribution in [3.8, 4) is 0 Å². The number of hydrogen-bond acceptors (Lipinski definition) is 5. The van der Waals surface area contributed by atoms with Gasteiger partial charge in [-0.05, 0) is 24.6 Å².